The molecule has 5 atom stereocenters. The van der Waals surface area contributed by atoms with Crippen molar-refractivity contribution < 1.29 is 80.2 Å². The smallest absolute Gasteiger partial charge is 0.462 e. The van der Waals surface area contributed by atoms with Crippen LogP contribution in [-0.2, 0) is 65.4 Å². The summed E-state index contributed by atoms with van der Waals surface area (Å²) in [5, 5.41) is 10.6. The number of hydrogen-bond donors (Lipinski definition) is 3. The molecule has 3 N–H and O–H groups in total. The van der Waals surface area contributed by atoms with Gasteiger partial charge in [-0.15, -0.1) is 0 Å². The minimum absolute atomic E-state index is 0.105. The molecule has 0 radical (unpaired) electrons. The molecule has 0 spiro atoms. The van der Waals surface area contributed by atoms with Gasteiger partial charge in [-0.05, 0) is 37.5 Å². The number of carbonyl (C=O) groups excluding carboxylic acids is 4. The van der Waals surface area contributed by atoms with Crippen molar-refractivity contribution in [1.82, 2.24) is 0 Å². The third-order valence-corrected chi connectivity index (χ3v) is 19.6. The monoisotopic (exact) mass is 1400 g/mol. The van der Waals surface area contributed by atoms with Crippen molar-refractivity contribution in [3.05, 3.63) is 0 Å². The number of aliphatic hydroxyl groups is 1. The lowest BCUT2D eigenvalue weighted by molar-refractivity contribution is -0.161. The van der Waals surface area contributed by atoms with Crippen molar-refractivity contribution in [3.8, 4) is 0 Å². The van der Waals surface area contributed by atoms with E-state index in [1.165, 1.54) is 205 Å². The maximum atomic E-state index is 13.1. The number of unbranched alkanes of at least 4 members (excludes halogenated alkanes) is 45. The second-order valence-corrected chi connectivity index (χ2v) is 31.3. The summed E-state index contributed by atoms with van der Waals surface area (Å²) in [6.07, 6.45) is 56.1. The van der Waals surface area contributed by atoms with Crippen LogP contribution >= 0.6 is 15.6 Å². The minimum Gasteiger partial charge on any atom is -0.462 e. The van der Waals surface area contributed by atoms with Crippen LogP contribution in [0, 0.1) is 11.8 Å². The van der Waals surface area contributed by atoms with E-state index in [4.69, 9.17) is 37.0 Å². The van der Waals surface area contributed by atoms with E-state index < -0.39 is 97.5 Å². The first-order valence-electron chi connectivity index (χ1n) is 39.5. The van der Waals surface area contributed by atoms with Gasteiger partial charge in [-0.3, -0.25) is 37.3 Å². The Labute approximate surface area is 581 Å². The number of rotatable bonds is 75. The second kappa shape index (κ2) is 67.9. The van der Waals surface area contributed by atoms with E-state index in [9.17, 15) is 43.2 Å². The Bertz CT molecular complexity index is 1840. The van der Waals surface area contributed by atoms with Gasteiger partial charge >= 0.3 is 39.5 Å². The Balaban J connectivity index is 5.13. The molecule has 0 aromatic carbocycles. The molecule has 0 fully saturated rings. The molecule has 0 aromatic heterocycles. The van der Waals surface area contributed by atoms with Crippen LogP contribution in [0.1, 0.15) is 395 Å². The zero-order valence-corrected chi connectivity index (χ0v) is 63.8. The highest BCUT2D eigenvalue weighted by Crippen LogP contribution is 2.45. The SMILES string of the molecule is CCCCCCCCCCCCCCCCCCCCCC(=O)OC[C@H](COP(=O)(O)OC[C@@H](O)COP(=O)(O)OC[C@@H](COC(=O)CCCCCCC)OC(=O)CCCCCCCCCCCC(C)C)OC(=O)CCCCCCCCCCCCCCCCCCC(C)C. The van der Waals surface area contributed by atoms with Gasteiger partial charge in [-0.1, -0.05) is 343 Å². The molecule has 0 heterocycles. The van der Waals surface area contributed by atoms with Gasteiger partial charge < -0.3 is 33.8 Å². The standard InChI is InChI=1S/C76H148O17P2/c1-7-9-11-13-14-15-16-17-18-19-20-21-25-28-31-36-41-47-53-59-74(79)87-65-72(93-75(80)60-54-48-42-37-32-29-26-23-22-24-27-30-34-39-45-50-56-68(3)4)67-91-95(84,85)89-63-70(77)62-88-94(82,83)90-66-71(64-86-73(78)58-52-44-12-10-8-2)92-76(81)61-55-49-43-38-33-35-40-46-51-57-69(5)6/h68-72,77H,7-67H2,1-6H3,(H,82,83)(H,84,85)/t70-,71+,72+/m0/s1. The summed E-state index contributed by atoms with van der Waals surface area (Å²) in [5.41, 5.74) is 0. The topological polar surface area (TPSA) is 237 Å². The van der Waals surface area contributed by atoms with Gasteiger partial charge in [0.15, 0.2) is 12.2 Å². The molecule has 0 amide bonds. The maximum Gasteiger partial charge on any atom is 0.472 e. The molecule has 95 heavy (non-hydrogen) atoms. The fourth-order valence-electron chi connectivity index (χ4n) is 11.7. The average Bonchev–Trinajstić information content (AvgIpc) is 1.51. The lowest BCUT2D eigenvalue weighted by Crippen LogP contribution is -2.30. The average molecular weight is 1400 g/mol. The van der Waals surface area contributed by atoms with Gasteiger partial charge in [0.05, 0.1) is 26.4 Å². The predicted molar refractivity (Wildman–Crippen MR) is 386 cm³/mol. The molecule has 2 unspecified atom stereocenters. The molecule has 19 heteroatoms. The molecule has 0 bridgehead atoms. The Kier molecular flexibility index (Phi) is 66.5. The van der Waals surface area contributed by atoms with Gasteiger partial charge in [0.2, 0.25) is 0 Å². The fourth-order valence-corrected chi connectivity index (χ4v) is 13.2. The van der Waals surface area contributed by atoms with Crippen molar-refractivity contribution in [2.24, 2.45) is 11.8 Å². The lowest BCUT2D eigenvalue weighted by atomic mass is 10.0. The van der Waals surface area contributed by atoms with Crippen LogP contribution in [-0.4, -0.2) is 96.7 Å². The largest absolute Gasteiger partial charge is 0.472 e. The van der Waals surface area contributed by atoms with Crippen LogP contribution < -0.4 is 0 Å². The molecule has 0 aliphatic heterocycles. The molecule has 0 saturated carbocycles. The zero-order chi connectivity index (χ0) is 70.0. The van der Waals surface area contributed by atoms with Crippen molar-refractivity contribution in [2.75, 3.05) is 39.6 Å². The molecule has 0 aromatic rings. The molecule has 17 nitrogen and oxygen atoms in total. The summed E-state index contributed by atoms with van der Waals surface area (Å²) in [7, 11) is -9.90. The van der Waals surface area contributed by atoms with E-state index >= 15 is 0 Å². The molecular weight excluding hydrogens is 1250 g/mol. The third-order valence-electron chi connectivity index (χ3n) is 17.7. The Hall–Kier alpha value is -1.94. The van der Waals surface area contributed by atoms with E-state index in [1.54, 1.807) is 0 Å². The van der Waals surface area contributed by atoms with Crippen LogP contribution in [0.15, 0.2) is 0 Å². The second-order valence-electron chi connectivity index (χ2n) is 28.3. The predicted octanol–water partition coefficient (Wildman–Crippen LogP) is 22.3. The first-order chi connectivity index (χ1) is 45.9. The van der Waals surface area contributed by atoms with E-state index in [0.717, 1.165) is 108 Å². The van der Waals surface area contributed by atoms with Gasteiger partial charge in [0.1, 0.15) is 19.3 Å². The molecule has 0 rings (SSSR count). The normalized spacial score (nSPS) is 14.0. The number of phosphoric ester groups is 2. The number of esters is 4. The summed E-state index contributed by atoms with van der Waals surface area (Å²) in [4.78, 5) is 72.5. The van der Waals surface area contributed by atoms with Crippen LogP contribution in [0.5, 0.6) is 0 Å². The minimum atomic E-state index is -4.96. The summed E-state index contributed by atoms with van der Waals surface area (Å²) >= 11 is 0. The van der Waals surface area contributed by atoms with Gasteiger partial charge in [-0.2, -0.15) is 0 Å². The number of hydrogen-bond acceptors (Lipinski definition) is 15. The molecule has 564 valence electrons. The number of phosphoric acid groups is 2. The highest BCUT2D eigenvalue weighted by Gasteiger charge is 2.30. The summed E-state index contributed by atoms with van der Waals surface area (Å²) < 4.78 is 68.3. The quantitative estimate of drug-likeness (QED) is 0.0222. The lowest BCUT2D eigenvalue weighted by Gasteiger charge is -2.21. The van der Waals surface area contributed by atoms with Crippen molar-refractivity contribution in [1.29, 1.82) is 0 Å². The Morgan fingerprint density at radius 2 is 0.484 bits per heavy atom. The van der Waals surface area contributed by atoms with E-state index in [0.29, 0.717) is 25.7 Å². The maximum absolute atomic E-state index is 13.1. The van der Waals surface area contributed by atoms with Gasteiger partial charge in [0.25, 0.3) is 0 Å². The highest BCUT2D eigenvalue weighted by atomic mass is 31.2. The van der Waals surface area contributed by atoms with E-state index in [-0.39, 0.29) is 25.7 Å². The first-order valence-corrected chi connectivity index (χ1v) is 42.5. The van der Waals surface area contributed by atoms with Crippen LogP contribution in [0.25, 0.3) is 0 Å². The number of aliphatic hydroxyl groups excluding tert-OH is 1. The summed E-state index contributed by atoms with van der Waals surface area (Å²) in [5.74, 6) is -0.582. The Morgan fingerprint density at radius 3 is 0.716 bits per heavy atom. The highest BCUT2D eigenvalue weighted by molar-refractivity contribution is 7.47. The van der Waals surface area contributed by atoms with Crippen molar-refractivity contribution >= 4 is 39.5 Å². The van der Waals surface area contributed by atoms with Crippen LogP contribution in [0.2, 0.25) is 0 Å². The summed E-state index contributed by atoms with van der Waals surface area (Å²) in [6.45, 7) is 9.51. The first kappa shape index (κ1) is 93.1. The van der Waals surface area contributed by atoms with Crippen LogP contribution in [0.3, 0.4) is 0 Å². The molecule has 0 aliphatic carbocycles. The zero-order valence-electron chi connectivity index (χ0n) is 62.0. The number of carbonyl (C=O) groups is 4. The molecular formula is C76H148O17P2. The van der Waals surface area contributed by atoms with Gasteiger partial charge in [0, 0.05) is 25.7 Å². The molecule has 0 saturated heterocycles. The number of ether oxygens (including phenoxy) is 4. The van der Waals surface area contributed by atoms with E-state index in [1.807, 2.05) is 0 Å². The van der Waals surface area contributed by atoms with Gasteiger partial charge in [-0.25, -0.2) is 9.13 Å². The summed E-state index contributed by atoms with van der Waals surface area (Å²) in [6, 6.07) is 0. The van der Waals surface area contributed by atoms with Crippen molar-refractivity contribution in [2.45, 2.75) is 413 Å². The van der Waals surface area contributed by atoms with E-state index in [2.05, 4.69) is 41.5 Å². The van der Waals surface area contributed by atoms with Crippen LogP contribution in [0.4, 0.5) is 0 Å². The van der Waals surface area contributed by atoms with Crippen molar-refractivity contribution in [3.63, 3.8) is 0 Å². The Morgan fingerprint density at radius 1 is 0.284 bits per heavy atom. The third kappa shape index (κ3) is 70.3. The fraction of sp³-hybridized carbons (Fsp3) is 0.947. The molecule has 0 aliphatic rings.